The molecule has 5 heteroatoms. The molecular formula is C26H31ClN2O2. The number of hydrogen-bond donors (Lipinski definition) is 1. The summed E-state index contributed by atoms with van der Waals surface area (Å²) in [7, 11) is 0. The van der Waals surface area contributed by atoms with Crippen LogP contribution in [-0.2, 0) is 17.6 Å². The highest BCUT2D eigenvalue weighted by Crippen LogP contribution is 2.30. The molecule has 1 amide bonds. The Morgan fingerprint density at radius 2 is 2.10 bits per heavy atom. The average Bonchev–Trinajstić information content (AvgIpc) is 3.09. The van der Waals surface area contributed by atoms with Gasteiger partial charge in [0.2, 0.25) is 5.91 Å². The molecule has 31 heavy (non-hydrogen) atoms. The van der Waals surface area contributed by atoms with Crippen molar-refractivity contribution in [3.05, 3.63) is 70.7 Å². The summed E-state index contributed by atoms with van der Waals surface area (Å²) in [6.45, 7) is 4.23. The Bertz CT molecular complexity index is 1010. The summed E-state index contributed by atoms with van der Waals surface area (Å²) in [4.78, 5) is 16.6. The third-order valence-electron chi connectivity index (χ3n) is 5.42. The average molecular weight is 439 g/mol. The zero-order chi connectivity index (χ0) is 22.1. The molecule has 0 fully saturated rings. The third kappa shape index (κ3) is 6.96. The molecule has 0 aliphatic rings. The molecule has 0 bridgehead atoms. The van der Waals surface area contributed by atoms with Gasteiger partial charge in [-0.1, -0.05) is 37.4 Å². The first-order valence-electron chi connectivity index (χ1n) is 11.1. The van der Waals surface area contributed by atoms with E-state index in [0.717, 1.165) is 60.8 Å². The number of amides is 1. The summed E-state index contributed by atoms with van der Waals surface area (Å²) in [6, 6.07) is 9.86. The van der Waals surface area contributed by atoms with Gasteiger partial charge in [0.15, 0.2) is 0 Å². The summed E-state index contributed by atoms with van der Waals surface area (Å²) >= 11 is 6.13. The topological polar surface area (TPSA) is 55.1 Å². The number of pyridine rings is 1. The maximum absolute atomic E-state index is 12.4. The van der Waals surface area contributed by atoms with Crippen LogP contribution in [0.5, 0.6) is 0 Å². The van der Waals surface area contributed by atoms with E-state index in [0.29, 0.717) is 5.02 Å². The molecule has 1 N–H and O–H groups in total. The quantitative estimate of drug-likeness (QED) is 0.266. The molecule has 0 radical (unpaired) electrons. The first-order valence-corrected chi connectivity index (χ1v) is 11.5. The van der Waals surface area contributed by atoms with E-state index in [-0.39, 0.29) is 11.9 Å². The number of nitrogens with one attached hydrogen (secondary N) is 1. The van der Waals surface area contributed by atoms with Crippen molar-refractivity contribution < 1.29 is 9.21 Å². The number of unbranched alkanes of at least 4 members (excludes halogenated alkanes) is 2. The highest BCUT2D eigenvalue weighted by molar-refractivity contribution is 6.31. The number of carbonyl (C=O) groups excluding carboxylic acids is 1. The summed E-state index contributed by atoms with van der Waals surface area (Å²) in [5.41, 5.74) is 3.14. The second-order valence-corrected chi connectivity index (χ2v) is 8.48. The molecule has 2 heterocycles. The number of furan rings is 1. The highest BCUT2D eigenvalue weighted by Gasteiger charge is 2.13. The Labute approximate surface area is 189 Å². The van der Waals surface area contributed by atoms with Gasteiger partial charge < -0.3 is 9.73 Å². The minimum Gasteiger partial charge on any atom is -0.456 e. The minimum atomic E-state index is -0.105. The molecule has 4 nitrogen and oxygen atoms in total. The lowest BCUT2D eigenvalue weighted by atomic mass is 10.0. The van der Waals surface area contributed by atoms with Crippen LogP contribution in [0.15, 0.2) is 53.2 Å². The van der Waals surface area contributed by atoms with Crippen LogP contribution in [0.1, 0.15) is 62.8 Å². The largest absolute Gasteiger partial charge is 0.456 e. The molecule has 1 aromatic carbocycles. The van der Waals surface area contributed by atoms with E-state index in [1.807, 2.05) is 37.4 Å². The molecular weight excluding hydrogens is 408 g/mol. The Kier molecular flexibility index (Phi) is 8.72. The molecule has 0 aliphatic heterocycles. The van der Waals surface area contributed by atoms with Crippen LogP contribution in [0.3, 0.4) is 0 Å². The predicted octanol–water partition coefficient (Wildman–Crippen LogP) is 6.75. The molecule has 0 aliphatic carbocycles. The van der Waals surface area contributed by atoms with Crippen molar-refractivity contribution >= 4 is 34.6 Å². The standard InChI is InChI=1S/C26H31ClN2O2/c1-3-4-5-11-22-23-13-12-21(27)17-25(23)31-24(22)14-15-26(30)29-19(2)8-6-9-20-10-7-16-28-18-20/h7,10,12-19H,3-6,8-9,11H2,1-2H3,(H,29,30)/t19-/m1/s1. The van der Waals surface area contributed by atoms with Gasteiger partial charge in [-0.15, -0.1) is 0 Å². The number of nitrogens with zero attached hydrogens (tertiary/aromatic N) is 1. The lowest BCUT2D eigenvalue weighted by molar-refractivity contribution is -0.117. The van der Waals surface area contributed by atoms with Crippen molar-refractivity contribution in [2.75, 3.05) is 0 Å². The van der Waals surface area contributed by atoms with Crippen LogP contribution in [-0.4, -0.2) is 16.9 Å². The number of benzene rings is 1. The highest BCUT2D eigenvalue weighted by atomic mass is 35.5. The van der Waals surface area contributed by atoms with Crippen molar-refractivity contribution in [3.8, 4) is 0 Å². The Morgan fingerprint density at radius 1 is 1.23 bits per heavy atom. The van der Waals surface area contributed by atoms with Gasteiger partial charge in [-0.3, -0.25) is 9.78 Å². The van der Waals surface area contributed by atoms with E-state index in [4.69, 9.17) is 16.0 Å². The fraction of sp³-hybridized carbons (Fsp3) is 0.385. The maximum Gasteiger partial charge on any atom is 0.244 e. The number of fused-ring (bicyclic) bond motifs is 1. The minimum absolute atomic E-state index is 0.104. The van der Waals surface area contributed by atoms with Gasteiger partial charge in [0.1, 0.15) is 11.3 Å². The third-order valence-corrected chi connectivity index (χ3v) is 5.65. The van der Waals surface area contributed by atoms with Crippen LogP contribution in [0.25, 0.3) is 17.0 Å². The first kappa shape index (κ1) is 23.1. The predicted molar refractivity (Wildman–Crippen MR) is 128 cm³/mol. The fourth-order valence-corrected chi connectivity index (χ4v) is 3.92. The van der Waals surface area contributed by atoms with Crippen LogP contribution in [0, 0.1) is 0 Å². The Morgan fingerprint density at radius 3 is 2.87 bits per heavy atom. The van der Waals surface area contributed by atoms with Crippen molar-refractivity contribution in [3.63, 3.8) is 0 Å². The van der Waals surface area contributed by atoms with Crippen LogP contribution >= 0.6 is 11.6 Å². The molecule has 164 valence electrons. The monoisotopic (exact) mass is 438 g/mol. The van der Waals surface area contributed by atoms with E-state index in [9.17, 15) is 4.79 Å². The summed E-state index contributed by atoms with van der Waals surface area (Å²) < 4.78 is 6.02. The van der Waals surface area contributed by atoms with Gasteiger partial charge in [0.05, 0.1) is 0 Å². The van der Waals surface area contributed by atoms with E-state index < -0.39 is 0 Å². The summed E-state index contributed by atoms with van der Waals surface area (Å²) in [5, 5.41) is 4.77. The SMILES string of the molecule is CCCCCc1c(C=CC(=O)N[C@H](C)CCCc2cccnc2)oc2cc(Cl)ccc12. The van der Waals surface area contributed by atoms with Crippen molar-refractivity contribution in [2.24, 2.45) is 0 Å². The number of halogens is 1. The molecule has 0 saturated heterocycles. The maximum atomic E-state index is 12.4. The molecule has 2 aromatic heterocycles. The van der Waals surface area contributed by atoms with E-state index >= 15 is 0 Å². The van der Waals surface area contributed by atoms with Gasteiger partial charge in [-0.05, 0) is 68.9 Å². The Balaban J connectivity index is 1.59. The van der Waals surface area contributed by atoms with E-state index in [1.165, 1.54) is 12.0 Å². The normalized spacial score (nSPS) is 12.5. The second-order valence-electron chi connectivity index (χ2n) is 8.04. The van der Waals surface area contributed by atoms with Crippen LogP contribution < -0.4 is 5.32 Å². The van der Waals surface area contributed by atoms with Crippen molar-refractivity contribution in [1.82, 2.24) is 10.3 Å². The van der Waals surface area contributed by atoms with Gasteiger partial charge in [0, 0.05) is 46.6 Å². The molecule has 0 unspecified atom stereocenters. The molecule has 3 rings (SSSR count). The zero-order valence-corrected chi connectivity index (χ0v) is 19.1. The fourth-order valence-electron chi connectivity index (χ4n) is 3.76. The molecule has 3 aromatic rings. The van der Waals surface area contributed by atoms with Crippen LogP contribution in [0.4, 0.5) is 0 Å². The van der Waals surface area contributed by atoms with Crippen molar-refractivity contribution in [2.45, 2.75) is 64.8 Å². The number of rotatable bonds is 11. The van der Waals surface area contributed by atoms with Gasteiger partial charge in [-0.25, -0.2) is 0 Å². The summed E-state index contributed by atoms with van der Waals surface area (Å²) in [5.74, 6) is 0.639. The summed E-state index contributed by atoms with van der Waals surface area (Å²) in [6.07, 6.45) is 14.3. The lowest BCUT2D eigenvalue weighted by Crippen LogP contribution is -2.31. The van der Waals surface area contributed by atoms with Gasteiger partial charge in [-0.2, -0.15) is 0 Å². The lowest BCUT2D eigenvalue weighted by Gasteiger charge is -2.12. The smallest absolute Gasteiger partial charge is 0.244 e. The number of aryl methyl sites for hydroxylation is 2. The number of carbonyl (C=O) groups is 1. The second kappa shape index (κ2) is 11.7. The first-order chi connectivity index (χ1) is 15.1. The Hall–Kier alpha value is -2.59. The zero-order valence-electron chi connectivity index (χ0n) is 18.4. The number of aromatic nitrogens is 1. The van der Waals surface area contributed by atoms with E-state index in [2.05, 4.69) is 23.3 Å². The van der Waals surface area contributed by atoms with E-state index in [1.54, 1.807) is 18.3 Å². The number of hydrogen-bond acceptors (Lipinski definition) is 3. The molecule has 0 saturated carbocycles. The van der Waals surface area contributed by atoms with Crippen molar-refractivity contribution in [1.29, 1.82) is 0 Å². The van der Waals surface area contributed by atoms with Gasteiger partial charge >= 0.3 is 0 Å². The van der Waals surface area contributed by atoms with Gasteiger partial charge in [0.25, 0.3) is 0 Å². The van der Waals surface area contributed by atoms with Crippen LogP contribution in [0.2, 0.25) is 5.02 Å². The molecule has 0 spiro atoms. The molecule has 1 atom stereocenters.